The molecule has 13 nitrogen and oxygen atoms in total. The van der Waals surface area contributed by atoms with Gasteiger partial charge in [-0.2, -0.15) is 13.5 Å². The van der Waals surface area contributed by atoms with Gasteiger partial charge in [0.2, 0.25) is 0 Å². The smallest absolute Gasteiger partial charge is 0.418 e. The first-order chi connectivity index (χ1) is 14.8. The molecule has 3 aliphatic rings. The Morgan fingerprint density at radius 2 is 1.91 bits per heavy atom. The summed E-state index contributed by atoms with van der Waals surface area (Å²) in [5.74, 6) is -0.688. The Hall–Kier alpha value is -2.16. The summed E-state index contributed by atoms with van der Waals surface area (Å²) in [5, 5.41) is 10.1. The fourth-order valence-corrected chi connectivity index (χ4v) is 5.42. The van der Waals surface area contributed by atoms with Crippen molar-refractivity contribution in [2.45, 2.75) is 64.6 Å². The average Bonchev–Trinajstić information content (AvgIpc) is 2.90. The lowest BCUT2D eigenvalue weighted by Gasteiger charge is -2.46. The molecule has 1 unspecified atom stereocenters. The number of carbonyl (C=O) groups is 3. The van der Waals surface area contributed by atoms with Crippen LogP contribution in [0.25, 0.3) is 0 Å². The van der Waals surface area contributed by atoms with Gasteiger partial charge in [0, 0.05) is 25.0 Å². The summed E-state index contributed by atoms with van der Waals surface area (Å²) in [5.41, 5.74) is 2.03. The molecular formula is C18H30N4O9S. The number of hydroxylamine groups is 3. The minimum absolute atomic E-state index is 0.0781. The normalized spacial score (nSPS) is 28.8. The number of fused-ring (bicyclic) bond motifs is 2. The van der Waals surface area contributed by atoms with Crippen LogP contribution in [0, 0.1) is 11.3 Å². The maximum Gasteiger partial charge on any atom is 0.418 e. The van der Waals surface area contributed by atoms with E-state index in [0.717, 1.165) is 6.42 Å². The highest BCUT2D eigenvalue weighted by atomic mass is 32.3. The molecule has 0 aliphatic carbocycles. The van der Waals surface area contributed by atoms with E-state index in [2.05, 4.69) is 9.76 Å². The van der Waals surface area contributed by atoms with Gasteiger partial charge < -0.3 is 14.9 Å². The number of nitrogens with zero attached hydrogens (tertiary/aromatic N) is 3. The summed E-state index contributed by atoms with van der Waals surface area (Å²) in [6, 6.07) is -2.59. The highest BCUT2D eigenvalue weighted by Gasteiger charge is 2.49. The summed E-state index contributed by atoms with van der Waals surface area (Å²) < 4.78 is 35.1. The number of rotatable bonds is 6. The molecule has 0 aromatic rings. The van der Waals surface area contributed by atoms with Crippen LogP contribution in [-0.2, 0) is 24.3 Å². The standard InChI is InChI=1S/C18H30N4O9S/c1-18(2,3)14-11(5-4-8-20(14)17(25)26)10-30-19-15(23)13-7-6-12-9-21(13)16(24)22(12)31-32(27,28)29/h11-14H,4-10H2,1-3H3,(H,19,23)(H,25,26)(H,27,28,29)/t11-,12+,13-,14?/m0/s1. The van der Waals surface area contributed by atoms with Crippen molar-refractivity contribution in [1.82, 2.24) is 20.3 Å². The van der Waals surface area contributed by atoms with E-state index in [9.17, 15) is 27.9 Å². The molecule has 3 N–H and O–H groups in total. The molecular weight excluding hydrogens is 448 g/mol. The van der Waals surface area contributed by atoms with Crippen LogP contribution in [0.1, 0.15) is 46.5 Å². The molecule has 0 spiro atoms. The molecule has 0 saturated carbocycles. The van der Waals surface area contributed by atoms with Gasteiger partial charge in [0.25, 0.3) is 5.91 Å². The van der Waals surface area contributed by atoms with Gasteiger partial charge in [-0.1, -0.05) is 20.8 Å². The van der Waals surface area contributed by atoms with Crippen LogP contribution in [0.15, 0.2) is 0 Å². The summed E-state index contributed by atoms with van der Waals surface area (Å²) in [4.78, 5) is 44.8. The second kappa shape index (κ2) is 9.00. The summed E-state index contributed by atoms with van der Waals surface area (Å²) in [6.07, 6.45) is 1.02. The van der Waals surface area contributed by atoms with Gasteiger partial charge in [0.05, 0.1) is 12.6 Å². The number of carbonyl (C=O) groups excluding carboxylic acids is 2. The molecule has 3 aliphatic heterocycles. The largest absolute Gasteiger partial charge is 0.465 e. The van der Waals surface area contributed by atoms with Gasteiger partial charge in [-0.05, 0) is 31.1 Å². The third-order valence-electron chi connectivity index (χ3n) is 6.16. The van der Waals surface area contributed by atoms with Crippen LogP contribution in [0.3, 0.4) is 0 Å². The van der Waals surface area contributed by atoms with Gasteiger partial charge in [0.1, 0.15) is 6.04 Å². The van der Waals surface area contributed by atoms with E-state index >= 15 is 0 Å². The van der Waals surface area contributed by atoms with Crippen molar-refractivity contribution in [3.63, 3.8) is 0 Å². The van der Waals surface area contributed by atoms with E-state index in [1.807, 2.05) is 20.8 Å². The van der Waals surface area contributed by atoms with Crippen LogP contribution in [0.2, 0.25) is 0 Å². The molecule has 0 radical (unpaired) electrons. The van der Waals surface area contributed by atoms with Gasteiger partial charge >= 0.3 is 22.5 Å². The SMILES string of the molecule is CC(C)(C)C1[C@H](CONC(=O)[C@@H]2CC[C@@H]3CN2C(=O)N3OS(=O)(=O)O)CCCN1C(=O)O. The van der Waals surface area contributed by atoms with E-state index in [1.54, 1.807) is 0 Å². The quantitative estimate of drug-likeness (QED) is 0.370. The lowest BCUT2D eigenvalue weighted by molar-refractivity contribution is -0.141. The first kappa shape index (κ1) is 24.5. The van der Waals surface area contributed by atoms with Gasteiger partial charge in [-0.15, -0.1) is 4.28 Å². The van der Waals surface area contributed by atoms with Crippen molar-refractivity contribution >= 4 is 28.4 Å². The molecule has 0 aromatic heterocycles. The molecule has 32 heavy (non-hydrogen) atoms. The number of piperidine rings is 2. The summed E-state index contributed by atoms with van der Waals surface area (Å²) in [6.45, 7) is 6.52. The fourth-order valence-electron chi connectivity index (χ4n) is 5.03. The predicted octanol–water partition coefficient (Wildman–Crippen LogP) is 0.842. The lowest BCUT2D eigenvalue weighted by Crippen LogP contribution is -2.56. The average molecular weight is 479 g/mol. The molecule has 4 amide bonds. The molecule has 182 valence electrons. The van der Waals surface area contributed by atoms with E-state index in [-0.39, 0.29) is 36.9 Å². The Morgan fingerprint density at radius 3 is 2.50 bits per heavy atom. The van der Waals surface area contributed by atoms with E-state index in [4.69, 9.17) is 9.39 Å². The monoisotopic (exact) mass is 478 g/mol. The number of amides is 4. The Morgan fingerprint density at radius 1 is 1.22 bits per heavy atom. The van der Waals surface area contributed by atoms with Crippen LogP contribution in [0.4, 0.5) is 9.59 Å². The molecule has 4 atom stereocenters. The van der Waals surface area contributed by atoms with E-state index < -0.39 is 40.5 Å². The Bertz CT molecular complexity index is 859. The van der Waals surface area contributed by atoms with Crippen molar-refractivity contribution < 1.29 is 41.6 Å². The van der Waals surface area contributed by atoms with Crippen LogP contribution < -0.4 is 5.48 Å². The minimum atomic E-state index is -4.86. The minimum Gasteiger partial charge on any atom is -0.465 e. The van der Waals surface area contributed by atoms with Crippen LogP contribution in [0.5, 0.6) is 0 Å². The van der Waals surface area contributed by atoms with E-state index in [0.29, 0.717) is 24.4 Å². The molecule has 14 heteroatoms. The van der Waals surface area contributed by atoms with Crippen LogP contribution >= 0.6 is 0 Å². The first-order valence-corrected chi connectivity index (χ1v) is 11.8. The van der Waals surface area contributed by atoms with Crippen molar-refractivity contribution in [2.24, 2.45) is 11.3 Å². The molecule has 2 bridgehead atoms. The third-order valence-corrected chi connectivity index (χ3v) is 6.51. The predicted molar refractivity (Wildman–Crippen MR) is 108 cm³/mol. The van der Waals surface area contributed by atoms with Gasteiger partial charge in [0.15, 0.2) is 0 Å². The lowest BCUT2D eigenvalue weighted by atomic mass is 9.74. The van der Waals surface area contributed by atoms with Crippen molar-refractivity contribution in [3.05, 3.63) is 0 Å². The molecule has 3 heterocycles. The molecule has 0 aromatic carbocycles. The zero-order chi connectivity index (χ0) is 23.8. The number of hydrogen-bond donors (Lipinski definition) is 3. The van der Waals surface area contributed by atoms with Crippen molar-refractivity contribution in [2.75, 3.05) is 19.7 Å². The van der Waals surface area contributed by atoms with Gasteiger partial charge in [-0.25, -0.2) is 15.1 Å². The zero-order valence-corrected chi connectivity index (χ0v) is 19.1. The Labute approximate surface area is 186 Å². The molecule has 3 rings (SSSR count). The van der Waals surface area contributed by atoms with Gasteiger partial charge in [-0.3, -0.25) is 14.2 Å². The Kier molecular flexibility index (Phi) is 6.88. The number of urea groups is 1. The third kappa shape index (κ3) is 5.24. The first-order valence-electron chi connectivity index (χ1n) is 10.5. The maximum absolute atomic E-state index is 12.7. The highest BCUT2D eigenvalue weighted by molar-refractivity contribution is 7.80. The second-order valence-corrected chi connectivity index (χ2v) is 10.5. The number of likely N-dealkylation sites (tertiary alicyclic amines) is 1. The molecule has 3 fully saturated rings. The topological polar surface area (TPSA) is 166 Å². The number of hydrogen-bond acceptors (Lipinski definition) is 7. The maximum atomic E-state index is 12.7. The highest BCUT2D eigenvalue weighted by Crippen LogP contribution is 2.36. The van der Waals surface area contributed by atoms with Crippen LogP contribution in [-0.4, -0.2) is 88.8 Å². The zero-order valence-electron chi connectivity index (χ0n) is 18.3. The summed E-state index contributed by atoms with van der Waals surface area (Å²) in [7, 11) is -4.86. The summed E-state index contributed by atoms with van der Waals surface area (Å²) >= 11 is 0. The van der Waals surface area contributed by atoms with E-state index in [1.165, 1.54) is 9.80 Å². The molecule has 3 saturated heterocycles. The number of carboxylic acid groups (broad SMARTS) is 1. The van der Waals surface area contributed by atoms with Crippen molar-refractivity contribution in [1.29, 1.82) is 0 Å². The number of nitrogens with one attached hydrogen (secondary N) is 1. The Balaban J connectivity index is 1.58. The van der Waals surface area contributed by atoms with Crippen molar-refractivity contribution in [3.8, 4) is 0 Å². The fraction of sp³-hybridized carbons (Fsp3) is 0.833. The second-order valence-electron chi connectivity index (χ2n) is 9.48.